The molecule has 0 saturated carbocycles. The van der Waals surface area contributed by atoms with Gasteiger partial charge in [-0.05, 0) is 18.2 Å². The third-order valence-electron chi connectivity index (χ3n) is 1.59. The Labute approximate surface area is 81.7 Å². The Bertz CT molecular complexity index is 276. The van der Waals surface area contributed by atoms with Crippen LogP contribution in [-0.2, 0) is 0 Å². The van der Waals surface area contributed by atoms with Gasteiger partial charge in [0.25, 0.3) is 0 Å². The van der Waals surface area contributed by atoms with Crippen LogP contribution in [0.1, 0.15) is 0 Å². The highest BCUT2D eigenvalue weighted by molar-refractivity contribution is 7.99. The molecule has 72 valence electrons. The molecule has 4 heteroatoms. The number of rotatable bonds is 4. The van der Waals surface area contributed by atoms with Gasteiger partial charge >= 0.3 is 0 Å². The fourth-order valence-electron chi connectivity index (χ4n) is 0.966. The minimum atomic E-state index is 0.0313. The highest BCUT2D eigenvalue weighted by atomic mass is 32.2. The summed E-state index contributed by atoms with van der Waals surface area (Å²) >= 11 is 1.31. The third-order valence-corrected chi connectivity index (χ3v) is 2.35. The van der Waals surface area contributed by atoms with Crippen LogP contribution in [0.4, 0.5) is 0 Å². The fraction of sp³-hybridized carbons (Fsp3) is 0.333. The molecule has 1 rings (SSSR count). The molecule has 0 aromatic heterocycles. The van der Waals surface area contributed by atoms with Crippen molar-refractivity contribution >= 4 is 11.8 Å². The van der Waals surface area contributed by atoms with Gasteiger partial charge in [0, 0.05) is 0 Å². The maximum absolute atomic E-state index is 8.77. The molecule has 3 nitrogen and oxygen atoms in total. The molecule has 0 aliphatic heterocycles. The first kappa shape index (κ1) is 10.2. The van der Waals surface area contributed by atoms with Gasteiger partial charge in [-0.25, -0.2) is 0 Å². The first-order valence-electron chi connectivity index (χ1n) is 3.77. The van der Waals surface area contributed by atoms with E-state index in [0.29, 0.717) is 0 Å². The minimum Gasteiger partial charge on any atom is -0.497 e. The van der Waals surface area contributed by atoms with Gasteiger partial charge in [-0.15, -0.1) is 0 Å². The predicted octanol–water partition coefficient (Wildman–Crippen LogP) is 1.75. The number of aliphatic hydroxyl groups excluding tert-OH is 1. The Hall–Kier alpha value is -0.870. The molecule has 0 aliphatic carbocycles. The van der Waals surface area contributed by atoms with E-state index < -0.39 is 0 Å². The lowest BCUT2D eigenvalue weighted by atomic mass is 10.3. The van der Waals surface area contributed by atoms with Crippen molar-refractivity contribution < 1.29 is 14.6 Å². The number of benzene rings is 1. The number of thioether (sulfide) groups is 1. The molecule has 1 N–H and O–H groups in total. The van der Waals surface area contributed by atoms with Crippen LogP contribution < -0.4 is 9.47 Å². The summed E-state index contributed by atoms with van der Waals surface area (Å²) in [6.45, 7) is 0. The van der Waals surface area contributed by atoms with Crippen molar-refractivity contribution in [1.29, 1.82) is 0 Å². The quantitative estimate of drug-likeness (QED) is 0.593. The van der Waals surface area contributed by atoms with E-state index in [2.05, 4.69) is 0 Å². The number of aliphatic hydroxyl groups is 1. The lowest BCUT2D eigenvalue weighted by Gasteiger charge is -2.08. The Morgan fingerprint density at radius 2 is 2.08 bits per heavy atom. The van der Waals surface area contributed by atoms with Crippen molar-refractivity contribution in [3.05, 3.63) is 18.2 Å². The van der Waals surface area contributed by atoms with Gasteiger partial charge in [0.1, 0.15) is 11.5 Å². The molecule has 0 heterocycles. The second kappa shape index (κ2) is 4.99. The van der Waals surface area contributed by atoms with Crippen molar-refractivity contribution in [2.24, 2.45) is 0 Å². The molecule has 0 saturated heterocycles. The monoisotopic (exact) mass is 200 g/mol. The van der Waals surface area contributed by atoms with Crippen LogP contribution in [0.2, 0.25) is 0 Å². The summed E-state index contributed by atoms with van der Waals surface area (Å²) in [6, 6.07) is 5.47. The SMILES string of the molecule is COc1ccc(OC)c(SCO)c1. The normalized spacial score (nSPS) is 9.77. The second-order valence-corrected chi connectivity index (χ2v) is 3.28. The molecule has 13 heavy (non-hydrogen) atoms. The zero-order valence-corrected chi connectivity index (χ0v) is 8.43. The van der Waals surface area contributed by atoms with Gasteiger partial charge in [-0.3, -0.25) is 0 Å². The Balaban J connectivity index is 2.95. The molecule has 0 atom stereocenters. The molecule has 0 fully saturated rings. The lowest BCUT2D eigenvalue weighted by Crippen LogP contribution is -1.89. The van der Waals surface area contributed by atoms with Crippen LogP contribution in [0.25, 0.3) is 0 Å². The van der Waals surface area contributed by atoms with Crippen LogP contribution in [0.3, 0.4) is 0 Å². The van der Waals surface area contributed by atoms with Gasteiger partial charge in [0.2, 0.25) is 0 Å². The zero-order chi connectivity index (χ0) is 9.68. The van der Waals surface area contributed by atoms with Crippen molar-refractivity contribution in [1.82, 2.24) is 0 Å². The van der Waals surface area contributed by atoms with E-state index in [1.165, 1.54) is 11.8 Å². The molecule has 0 radical (unpaired) electrons. The van der Waals surface area contributed by atoms with Crippen molar-refractivity contribution in [2.45, 2.75) is 4.90 Å². The van der Waals surface area contributed by atoms with E-state index in [9.17, 15) is 0 Å². The summed E-state index contributed by atoms with van der Waals surface area (Å²) < 4.78 is 10.2. The van der Waals surface area contributed by atoms with E-state index in [4.69, 9.17) is 14.6 Å². The topological polar surface area (TPSA) is 38.7 Å². The van der Waals surface area contributed by atoms with Gasteiger partial charge < -0.3 is 14.6 Å². The Morgan fingerprint density at radius 1 is 1.31 bits per heavy atom. The second-order valence-electron chi connectivity index (χ2n) is 2.29. The first-order chi connectivity index (χ1) is 6.31. The number of methoxy groups -OCH3 is 2. The molecule has 0 bridgehead atoms. The fourth-order valence-corrected chi connectivity index (χ4v) is 1.60. The van der Waals surface area contributed by atoms with E-state index in [1.807, 2.05) is 18.2 Å². The van der Waals surface area contributed by atoms with E-state index in [0.717, 1.165) is 16.4 Å². The Morgan fingerprint density at radius 3 is 2.62 bits per heavy atom. The van der Waals surface area contributed by atoms with Gasteiger partial charge in [0.15, 0.2) is 0 Å². The molecule has 0 amide bonds. The number of hydrogen-bond donors (Lipinski definition) is 1. The molecule has 0 unspecified atom stereocenters. The summed E-state index contributed by atoms with van der Waals surface area (Å²) in [4.78, 5) is 0.879. The van der Waals surface area contributed by atoms with Gasteiger partial charge in [-0.1, -0.05) is 11.8 Å². The van der Waals surface area contributed by atoms with Crippen LogP contribution in [0.15, 0.2) is 23.1 Å². The summed E-state index contributed by atoms with van der Waals surface area (Å²) in [7, 11) is 3.21. The highest BCUT2D eigenvalue weighted by Gasteiger charge is 2.04. The lowest BCUT2D eigenvalue weighted by molar-refractivity contribution is 0.373. The van der Waals surface area contributed by atoms with E-state index >= 15 is 0 Å². The molecule has 0 spiro atoms. The smallest absolute Gasteiger partial charge is 0.132 e. The zero-order valence-electron chi connectivity index (χ0n) is 7.61. The Kier molecular flexibility index (Phi) is 3.92. The van der Waals surface area contributed by atoms with E-state index in [-0.39, 0.29) is 5.94 Å². The molecule has 1 aromatic rings. The maximum Gasteiger partial charge on any atom is 0.132 e. The number of hydrogen-bond acceptors (Lipinski definition) is 4. The average Bonchev–Trinajstić information content (AvgIpc) is 2.18. The van der Waals surface area contributed by atoms with Crippen molar-refractivity contribution in [2.75, 3.05) is 20.2 Å². The molecule has 0 aliphatic rings. The van der Waals surface area contributed by atoms with Crippen LogP contribution in [-0.4, -0.2) is 25.3 Å². The van der Waals surface area contributed by atoms with Crippen molar-refractivity contribution in [3.63, 3.8) is 0 Å². The average molecular weight is 200 g/mol. The maximum atomic E-state index is 8.77. The van der Waals surface area contributed by atoms with Crippen LogP contribution >= 0.6 is 11.8 Å². The number of ether oxygens (including phenoxy) is 2. The standard InChI is InChI=1S/C9H12O3S/c1-11-7-3-4-8(12-2)9(5-7)13-6-10/h3-5,10H,6H2,1-2H3. The molecular weight excluding hydrogens is 188 g/mol. The highest BCUT2D eigenvalue weighted by Crippen LogP contribution is 2.31. The first-order valence-corrected chi connectivity index (χ1v) is 4.76. The molecular formula is C9H12O3S. The summed E-state index contributed by atoms with van der Waals surface area (Å²) in [5.74, 6) is 1.54. The largest absolute Gasteiger partial charge is 0.497 e. The van der Waals surface area contributed by atoms with Gasteiger partial charge in [-0.2, -0.15) is 0 Å². The van der Waals surface area contributed by atoms with Crippen molar-refractivity contribution in [3.8, 4) is 11.5 Å². The third kappa shape index (κ3) is 2.54. The molecule has 1 aromatic carbocycles. The van der Waals surface area contributed by atoms with Crippen LogP contribution in [0.5, 0.6) is 11.5 Å². The van der Waals surface area contributed by atoms with Gasteiger partial charge in [0.05, 0.1) is 25.1 Å². The summed E-state index contributed by atoms with van der Waals surface area (Å²) in [5, 5.41) is 8.77. The van der Waals surface area contributed by atoms with E-state index in [1.54, 1.807) is 14.2 Å². The summed E-state index contributed by atoms with van der Waals surface area (Å²) in [6.07, 6.45) is 0. The summed E-state index contributed by atoms with van der Waals surface area (Å²) in [5.41, 5.74) is 0. The predicted molar refractivity (Wildman–Crippen MR) is 52.5 cm³/mol. The minimum absolute atomic E-state index is 0.0313. The van der Waals surface area contributed by atoms with Crippen LogP contribution in [0, 0.1) is 0 Å².